The standard InChI is InChI=1S/C12H21N3O5/c1-7(2)11(12(19)14-6-10(18)20-4)15-9(17)5-13-8(3)16/h7,11H,5-6H2,1-4H3,(H,13,16)(H,14,19)(H,15,17)/t11-/m1/s1. The summed E-state index contributed by atoms with van der Waals surface area (Å²) in [6, 6.07) is -0.791. The molecule has 0 spiro atoms. The zero-order valence-corrected chi connectivity index (χ0v) is 12.1. The van der Waals surface area contributed by atoms with E-state index < -0.39 is 23.8 Å². The molecule has 0 aromatic carbocycles. The molecule has 0 aliphatic heterocycles. The molecular formula is C12H21N3O5. The van der Waals surface area contributed by atoms with Crippen LogP contribution in [-0.2, 0) is 23.9 Å². The molecule has 8 nitrogen and oxygen atoms in total. The fraction of sp³-hybridized carbons (Fsp3) is 0.667. The average Bonchev–Trinajstić information content (AvgIpc) is 2.38. The number of esters is 1. The number of carbonyl (C=O) groups excluding carboxylic acids is 4. The minimum absolute atomic E-state index is 0.172. The zero-order chi connectivity index (χ0) is 15.7. The van der Waals surface area contributed by atoms with Gasteiger partial charge in [-0.15, -0.1) is 0 Å². The van der Waals surface area contributed by atoms with Gasteiger partial charge in [0.2, 0.25) is 17.7 Å². The van der Waals surface area contributed by atoms with Gasteiger partial charge in [-0.1, -0.05) is 13.8 Å². The first-order valence-corrected chi connectivity index (χ1v) is 6.16. The minimum Gasteiger partial charge on any atom is -0.468 e. The smallest absolute Gasteiger partial charge is 0.325 e. The Hall–Kier alpha value is -2.12. The topological polar surface area (TPSA) is 114 Å². The van der Waals surface area contributed by atoms with Gasteiger partial charge in [0.05, 0.1) is 13.7 Å². The third-order valence-corrected chi connectivity index (χ3v) is 2.40. The van der Waals surface area contributed by atoms with Gasteiger partial charge in [0.1, 0.15) is 12.6 Å². The van der Waals surface area contributed by atoms with Crippen LogP contribution < -0.4 is 16.0 Å². The summed E-state index contributed by atoms with van der Waals surface area (Å²) < 4.78 is 4.40. The summed E-state index contributed by atoms with van der Waals surface area (Å²) in [7, 11) is 1.21. The number of carbonyl (C=O) groups is 4. The van der Waals surface area contributed by atoms with Crippen molar-refractivity contribution < 1.29 is 23.9 Å². The van der Waals surface area contributed by atoms with Crippen molar-refractivity contribution in [3.63, 3.8) is 0 Å². The van der Waals surface area contributed by atoms with Gasteiger partial charge < -0.3 is 20.7 Å². The van der Waals surface area contributed by atoms with Crippen LogP contribution in [0, 0.1) is 5.92 Å². The van der Waals surface area contributed by atoms with Crippen LogP contribution in [0.1, 0.15) is 20.8 Å². The molecule has 0 saturated heterocycles. The fourth-order valence-electron chi connectivity index (χ4n) is 1.31. The first-order chi connectivity index (χ1) is 9.27. The number of amides is 3. The molecule has 0 heterocycles. The molecule has 0 bridgehead atoms. The minimum atomic E-state index is -0.791. The van der Waals surface area contributed by atoms with Crippen molar-refractivity contribution >= 4 is 23.7 Å². The SMILES string of the molecule is COC(=O)CNC(=O)[C@H](NC(=O)CNC(C)=O)C(C)C. The molecule has 0 aliphatic carbocycles. The van der Waals surface area contributed by atoms with Crippen molar-refractivity contribution in [2.45, 2.75) is 26.8 Å². The third-order valence-electron chi connectivity index (χ3n) is 2.40. The van der Waals surface area contributed by atoms with Gasteiger partial charge in [-0.25, -0.2) is 0 Å². The summed E-state index contributed by atoms with van der Waals surface area (Å²) in [5, 5.41) is 7.20. The van der Waals surface area contributed by atoms with E-state index in [1.807, 2.05) is 0 Å². The monoisotopic (exact) mass is 287 g/mol. The molecule has 3 amide bonds. The van der Waals surface area contributed by atoms with Gasteiger partial charge in [-0.2, -0.15) is 0 Å². The van der Waals surface area contributed by atoms with E-state index in [1.165, 1.54) is 14.0 Å². The van der Waals surface area contributed by atoms with Crippen LogP contribution in [0.15, 0.2) is 0 Å². The highest BCUT2D eigenvalue weighted by Gasteiger charge is 2.24. The van der Waals surface area contributed by atoms with Gasteiger partial charge in [0.25, 0.3) is 0 Å². The lowest BCUT2D eigenvalue weighted by atomic mass is 10.0. The highest BCUT2D eigenvalue weighted by Crippen LogP contribution is 2.01. The number of hydrogen-bond acceptors (Lipinski definition) is 5. The normalized spacial score (nSPS) is 11.4. The number of methoxy groups -OCH3 is 1. The van der Waals surface area contributed by atoms with Crippen molar-refractivity contribution in [2.24, 2.45) is 5.92 Å². The fourth-order valence-corrected chi connectivity index (χ4v) is 1.31. The van der Waals surface area contributed by atoms with E-state index in [0.717, 1.165) is 0 Å². The molecule has 114 valence electrons. The highest BCUT2D eigenvalue weighted by atomic mass is 16.5. The van der Waals surface area contributed by atoms with Crippen LogP contribution in [0.25, 0.3) is 0 Å². The Balaban J connectivity index is 4.41. The summed E-state index contributed by atoms with van der Waals surface area (Å²) in [5.74, 6) is -2.05. The predicted molar refractivity (Wildman–Crippen MR) is 70.5 cm³/mol. The Kier molecular flexibility index (Phi) is 7.95. The number of rotatable bonds is 7. The van der Waals surface area contributed by atoms with Crippen molar-refractivity contribution in [2.75, 3.05) is 20.2 Å². The van der Waals surface area contributed by atoms with E-state index >= 15 is 0 Å². The van der Waals surface area contributed by atoms with Crippen LogP contribution >= 0.6 is 0 Å². The Bertz CT molecular complexity index is 381. The van der Waals surface area contributed by atoms with E-state index in [9.17, 15) is 19.2 Å². The van der Waals surface area contributed by atoms with Gasteiger partial charge in [0.15, 0.2) is 0 Å². The molecule has 1 atom stereocenters. The maximum Gasteiger partial charge on any atom is 0.325 e. The van der Waals surface area contributed by atoms with E-state index in [-0.39, 0.29) is 24.9 Å². The first-order valence-electron chi connectivity index (χ1n) is 6.16. The molecule has 3 N–H and O–H groups in total. The van der Waals surface area contributed by atoms with Gasteiger partial charge in [-0.3, -0.25) is 19.2 Å². The van der Waals surface area contributed by atoms with Crippen LogP contribution in [0.4, 0.5) is 0 Å². The summed E-state index contributed by atoms with van der Waals surface area (Å²) in [6.07, 6.45) is 0. The van der Waals surface area contributed by atoms with Gasteiger partial charge >= 0.3 is 5.97 Å². The molecular weight excluding hydrogens is 266 g/mol. The number of nitrogens with one attached hydrogen (secondary N) is 3. The van der Waals surface area contributed by atoms with Crippen LogP contribution in [-0.4, -0.2) is 49.9 Å². The van der Waals surface area contributed by atoms with Crippen LogP contribution in [0.5, 0.6) is 0 Å². The zero-order valence-electron chi connectivity index (χ0n) is 12.1. The molecule has 0 fully saturated rings. The molecule has 0 radical (unpaired) electrons. The summed E-state index contributed by atoms with van der Waals surface area (Å²) in [4.78, 5) is 45.0. The molecule has 0 unspecified atom stereocenters. The van der Waals surface area contributed by atoms with E-state index in [1.54, 1.807) is 13.8 Å². The molecule has 20 heavy (non-hydrogen) atoms. The van der Waals surface area contributed by atoms with Crippen molar-refractivity contribution in [1.82, 2.24) is 16.0 Å². The second-order valence-electron chi connectivity index (χ2n) is 4.49. The molecule has 0 rings (SSSR count). The Labute approximate surface area is 117 Å². The van der Waals surface area contributed by atoms with Crippen molar-refractivity contribution in [3.8, 4) is 0 Å². The van der Waals surface area contributed by atoms with Crippen LogP contribution in [0.2, 0.25) is 0 Å². The third kappa shape index (κ3) is 7.34. The predicted octanol–water partition coefficient (Wildman–Crippen LogP) is -1.45. The maximum absolute atomic E-state index is 11.9. The second-order valence-corrected chi connectivity index (χ2v) is 4.49. The Morgan fingerprint density at radius 3 is 2.10 bits per heavy atom. The highest BCUT2D eigenvalue weighted by molar-refractivity contribution is 5.91. The average molecular weight is 287 g/mol. The largest absolute Gasteiger partial charge is 0.468 e. The lowest BCUT2D eigenvalue weighted by Gasteiger charge is -2.21. The summed E-state index contributed by atoms with van der Waals surface area (Å²) in [6.45, 7) is 4.32. The quantitative estimate of drug-likeness (QED) is 0.496. The summed E-state index contributed by atoms with van der Waals surface area (Å²) >= 11 is 0. The van der Waals surface area contributed by atoms with Crippen molar-refractivity contribution in [1.29, 1.82) is 0 Å². The molecule has 8 heteroatoms. The van der Waals surface area contributed by atoms with Gasteiger partial charge in [0, 0.05) is 6.92 Å². The Morgan fingerprint density at radius 1 is 1.05 bits per heavy atom. The molecule has 0 aliphatic rings. The van der Waals surface area contributed by atoms with E-state index in [2.05, 4.69) is 20.7 Å². The molecule has 0 aromatic rings. The van der Waals surface area contributed by atoms with Crippen LogP contribution in [0.3, 0.4) is 0 Å². The molecule has 0 saturated carbocycles. The van der Waals surface area contributed by atoms with Gasteiger partial charge in [-0.05, 0) is 5.92 Å². The number of hydrogen-bond donors (Lipinski definition) is 3. The Morgan fingerprint density at radius 2 is 1.65 bits per heavy atom. The van der Waals surface area contributed by atoms with E-state index in [0.29, 0.717) is 0 Å². The lowest BCUT2D eigenvalue weighted by Crippen LogP contribution is -2.52. The maximum atomic E-state index is 11.9. The number of ether oxygens (including phenoxy) is 1. The van der Waals surface area contributed by atoms with Crippen molar-refractivity contribution in [3.05, 3.63) is 0 Å². The summed E-state index contributed by atoms with van der Waals surface area (Å²) in [5.41, 5.74) is 0. The lowest BCUT2D eigenvalue weighted by molar-refractivity contribution is -0.141. The second kappa shape index (κ2) is 8.89. The molecule has 0 aromatic heterocycles. The first kappa shape index (κ1) is 17.9. The van der Waals surface area contributed by atoms with E-state index in [4.69, 9.17) is 0 Å².